The maximum atomic E-state index is 10.8. The number of hydrogen-bond acceptors (Lipinski definition) is 2. The molecule has 2 N–H and O–H groups in total. The molecule has 1 aliphatic heterocycles. The van der Waals surface area contributed by atoms with Gasteiger partial charge in [-0.3, -0.25) is 0 Å². The van der Waals surface area contributed by atoms with Gasteiger partial charge < -0.3 is 15.3 Å². The van der Waals surface area contributed by atoms with Crippen molar-refractivity contribution < 1.29 is 9.90 Å². The number of likely N-dealkylation sites (tertiary alicyclic amines) is 1. The monoisotopic (exact) mass is 220 g/mol. The number of nitrogens with one attached hydrogen (secondary N) is 1. The van der Waals surface area contributed by atoms with E-state index < -0.39 is 6.09 Å². The second-order valence-electron chi connectivity index (χ2n) is 4.10. The molecule has 2 bridgehead atoms. The third-order valence-electron chi connectivity index (χ3n) is 3.44. The molecular formula is C9H17ClN2O2. The van der Waals surface area contributed by atoms with Crippen molar-refractivity contribution in [3.8, 4) is 0 Å². The Kier molecular flexibility index (Phi) is 3.61. The molecule has 0 radical (unpaired) electrons. The van der Waals surface area contributed by atoms with E-state index in [1.807, 2.05) is 7.05 Å². The minimum Gasteiger partial charge on any atom is -0.465 e. The maximum absolute atomic E-state index is 10.8. The first-order valence-electron chi connectivity index (χ1n) is 4.87. The largest absolute Gasteiger partial charge is 0.465 e. The van der Waals surface area contributed by atoms with Gasteiger partial charge in [-0.2, -0.15) is 0 Å². The molecule has 0 aromatic carbocycles. The number of hydrogen-bond donors (Lipinski definition) is 2. The van der Waals surface area contributed by atoms with Crippen LogP contribution in [0.15, 0.2) is 0 Å². The second kappa shape index (κ2) is 4.36. The Morgan fingerprint density at radius 2 is 1.86 bits per heavy atom. The molecule has 14 heavy (non-hydrogen) atoms. The number of carbonyl (C=O) groups is 1. The van der Waals surface area contributed by atoms with Crippen LogP contribution in [-0.4, -0.2) is 42.3 Å². The number of nitrogens with zero attached hydrogens (tertiary/aromatic N) is 1. The third kappa shape index (κ3) is 1.81. The van der Waals surface area contributed by atoms with Crippen LogP contribution in [0.2, 0.25) is 0 Å². The average Bonchev–Trinajstić information content (AvgIpc) is 2.34. The molecule has 1 heterocycles. The van der Waals surface area contributed by atoms with Gasteiger partial charge in [0, 0.05) is 19.1 Å². The van der Waals surface area contributed by atoms with Crippen molar-refractivity contribution in [1.82, 2.24) is 10.2 Å². The summed E-state index contributed by atoms with van der Waals surface area (Å²) in [5, 5.41) is 12.2. The number of carboxylic acid groups (broad SMARTS) is 1. The molecular weight excluding hydrogens is 204 g/mol. The van der Waals surface area contributed by atoms with Crippen LogP contribution in [-0.2, 0) is 0 Å². The van der Waals surface area contributed by atoms with Crippen LogP contribution in [0.25, 0.3) is 0 Å². The van der Waals surface area contributed by atoms with Gasteiger partial charge in [0.1, 0.15) is 0 Å². The van der Waals surface area contributed by atoms with Crippen LogP contribution < -0.4 is 5.32 Å². The van der Waals surface area contributed by atoms with Gasteiger partial charge >= 0.3 is 6.09 Å². The van der Waals surface area contributed by atoms with Crippen LogP contribution >= 0.6 is 12.4 Å². The van der Waals surface area contributed by atoms with Gasteiger partial charge in [0.25, 0.3) is 0 Å². The van der Waals surface area contributed by atoms with Crippen LogP contribution in [0.1, 0.15) is 12.8 Å². The van der Waals surface area contributed by atoms with E-state index in [1.165, 1.54) is 12.8 Å². The highest BCUT2D eigenvalue weighted by molar-refractivity contribution is 5.85. The Bertz CT molecular complexity index is 211. The first-order valence-corrected chi connectivity index (χ1v) is 4.87. The standard InChI is InChI=1S/C9H16N2O2.ClH/c1-10-8-6-2-3-7(8)5-11(4-6)9(12)13;/h6-8,10H,2-5H2,1H3,(H,12,13);1H/t6-,7+,8?;. The lowest BCUT2D eigenvalue weighted by Crippen LogP contribution is -2.51. The number of halogens is 1. The van der Waals surface area contributed by atoms with E-state index in [0.717, 1.165) is 13.1 Å². The molecule has 0 aromatic heterocycles. The van der Waals surface area contributed by atoms with Crippen molar-refractivity contribution in [1.29, 1.82) is 0 Å². The molecule has 1 aliphatic carbocycles. The Morgan fingerprint density at radius 3 is 2.21 bits per heavy atom. The molecule has 1 unspecified atom stereocenters. The van der Waals surface area contributed by atoms with E-state index in [2.05, 4.69) is 5.32 Å². The van der Waals surface area contributed by atoms with Crippen LogP contribution in [0, 0.1) is 11.8 Å². The van der Waals surface area contributed by atoms with Gasteiger partial charge in [-0.1, -0.05) is 0 Å². The van der Waals surface area contributed by atoms with Crippen molar-refractivity contribution >= 4 is 18.5 Å². The zero-order chi connectivity index (χ0) is 9.42. The van der Waals surface area contributed by atoms with Gasteiger partial charge in [0.05, 0.1) is 0 Å². The van der Waals surface area contributed by atoms with E-state index in [4.69, 9.17) is 5.11 Å². The molecule has 3 atom stereocenters. The summed E-state index contributed by atoms with van der Waals surface area (Å²) in [7, 11) is 1.98. The summed E-state index contributed by atoms with van der Waals surface area (Å²) in [4.78, 5) is 12.3. The molecule has 2 fully saturated rings. The second-order valence-corrected chi connectivity index (χ2v) is 4.10. The Morgan fingerprint density at radius 1 is 1.36 bits per heavy atom. The van der Waals surface area contributed by atoms with Gasteiger partial charge in [-0.25, -0.2) is 4.79 Å². The highest BCUT2D eigenvalue weighted by Gasteiger charge is 2.42. The zero-order valence-electron chi connectivity index (χ0n) is 8.27. The third-order valence-corrected chi connectivity index (χ3v) is 3.44. The van der Waals surface area contributed by atoms with Gasteiger partial charge in [0.15, 0.2) is 0 Å². The predicted octanol–water partition coefficient (Wildman–Crippen LogP) is 1.02. The molecule has 0 aromatic rings. The van der Waals surface area contributed by atoms with Crippen LogP contribution in [0.3, 0.4) is 0 Å². The van der Waals surface area contributed by atoms with Gasteiger partial charge in [0.2, 0.25) is 0 Å². The fraction of sp³-hybridized carbons (Fsp3) is 0.889. The number of amides is 1. The minimum atomic E-state index is -0.758. The Balaban J connectivity index is 0.000000980. The lowest BCUT2D eigenvalue weighted by atomic mass is 9.93. The van der Waals surface area contributed by atoms with E-state index in [-0.39, 0.29) is 12.4 Å². The van der Waals surface area contributed by atoms with E-state index in [9.17, 15) is 4.79 Å². The quantitative estimate of drug-likeness (QED) is 0.694. The summed E-state index contributed by atoms with van der Waals surface area (Å²) in [5.41, 5.74) is 0. The summed E-state index contributed by atoms with van der Waals surface area (Å²) in [6.07, 6.45) is 1.60. The maximum Gasteiger partial charge on any atom is 0.407 e. The fourth-order valence-corrected chi connectivity index (χ4v) is 2.85. The molecule has 4 nitrogen and oxygen atoms in total. The van der Waals surface area contributed by atoms with Crippen LogP contribution in [0.4, 0.5) is 4.79 Å². The molecule has 1 amide bonds. The fourth-order valence-electron chi connectivity index (χ4n) is 2.85. The Hall–Kier alpha value is -0.480. The van der Waals surface area contributed by atoms with Crippen molar-refractivity contribution in [2.24, 2.45) is 11.8 Å². The SMILES string of the molecule is CNC1[C@@H]2CC[C@H]1CN(C(=O)O)C2.Cl. The summed E-state index contributed by atoms with van der Waals surface area (Å²) >= 11 is 0. The Labute approximate surface area is 90.1 Å². The van der Waals surface area contributed by atoms with Gasteiger partial charge in [-0.05, 0) is 31.7 Å². The van der Waals surface area contributed by atoms with Crippen molar-refractivity contribution in [2.45, 2.75) is 18.9 Å². The molecule has 2 rings (SSSR count). The molecule has 1 saturated heterocycles. The lowest BCUT2D eigenvalue weighted by molar-refractivity contribution is 0.103. The average molecular weight is 221 g/mol. The van der Waals surface area contributed by atoms with Crippen molar-refractivity contribution in [3.63, 3.8) is 0 Å². The normalized spacial score (nSPS) is 35.2. The summed E-state index contributed by atoms with van der Waals surface area (Å²) in [6, 6.07) is 0.551. The molecule has 5 heteroatoms. The van der Waals surface area contributed by atoms with Crippen molar-refractivity contribution in [2.75, 3.05) is 20.1 Å². The van der Waals surface area contributed by atoms with E-state index in [0.29, 0.717) is 17.9 Å². The molecule has 1 saturated carbocycles. The first-order chi connectivity index (χ1) is 6.22. The molecule has 0 spiro atoms. The van der Waals surface area contributed by atoms with Gasteiger partial charge in [-0.15, -0.1) is 12.4 Å². The lowest BCUT2D eigenvalue weighted by Gasteiger charge is -2.36. The first kappa shape index (κ1) is 11.6. The summed E-state index contributed by atoms with van der Waals surface area (Å²) in [6.45, 7) is 1.44. The highest BCUT2D eigenvalue weighted by Crippen LogP contribution is 2.36. The molecule has 82 valence electrons. The minimum absolute atomic E-state index is 0. The van der Waals surface area contributed by atoms with E-state index in [1.54, 1.807) is 4.90 Å². The predicted molar refractivity (Wildman–Crippen MR) is 55.9 cm³/mol. The number of piperidine rings is 1. The zero-order valence-corrected chi connectivity index (χ0v) is 9.09. The topological polar surface area (TPSA) is 52.6 Å². The summed E-state index contributed by atoms with van der Waals surface area (Å²) < 4.78 is 0. The van der Waals surface area contributed by atoms with Crippen LogP contribution in [0.5, 0.6) is 0 Å². The van der Waals surface area contributed by atoms with Crippen molar-refractivity contribution in [3.05, 3.63) is 0 Å². The highest BCUT2D eigenvalue weighted by atomic mass is 35.5. The summed E-state index contributed by atoms with van der Waals surface area (Å²) in [5.74, 6) is 1.08. The van der Waals surface area contributed by atoms with E-state index >= 15 is 0 Å². The number of fused-ring (bicyclic) bond motifs is 2. The smallest absolute Gasteiger partial charge is 0.407 e. The number of rotatable bonds is 1. The molecule has 2 aliphatic rings.